The number of amides is 1. The first-order chi connectivity index (χ1) is 10.2. The fourth-order valence-electron chi connectivity index (χ4n) is 3.45. The zero-order chi connectivity index (χ0) is 16.4. The Labute approximate surface area is 134 Å². The third kappa shape index (κ3) is 4.00. The number of nitrogens with one attached hydrogen (secondary N) is 1. The Kier molecular flexibility index (Phi) is 5.50. The van der Waals surface area contributed by atoms with Crippen LogP contribution in [0.3, 0.4) is 0 Å². The number of hydrogen-bond acceptors (Lipinski definition) is 3. The zero-order valence-electron chi connectivity index (χ0n) is 14.0. The van der Waals surface area contributed by atoms with Crippen molar-refractivity contribution in [1.82, 2.24) is 13.9 Å². The van der Waals surface area contributed by atoms with E-state index in [1.807, 2.05) is 0 Å². The molecule has 0 unspecified atom stereocenters. The predicted octanol–water partition coefficient (Wildman–Crippen LogP) is 1.34. The van der Waals surface area contributed by atoms with E-state index in [1.54, 1.807) is 0 Å². The summed E-state index contributed by atoms with van der Waals surface area (Å²) < 4.78 is 27.1. The van der Waals surface area contributed by atoms with Gasteiger partial charge in [-0.2, -0.15) is 17.0 Å². The summed E-state index contributed by atoms with van der Waals surface area (Å²) in [6.45, 7) is 2.91. The lowest BCUT2D eigenvalue weighted by molar-refractivity contribution is -0.128. The van der Waals surface area contributed by atoms with Crippen LogP contribution in [0, 0.1) is 5.92 Å². The summed E-state index contributed by atoms with van der Waals surface area (Å²) in [5.74, 6) is -0.217. The molecule has 0 aromatic heterocycles. The van der Waals surface area contributed by atoms with Gasteiger partial charge in [-0.3, -0.25) is 4.79 Å². The Hall–Kier alpha value is -0.660. The number of piperidine rings is 1. The summed E-state index contributed by atoms with van der Waals surface area (Å²) in [5, 5.41) is 3.19. The van der Waals surface area contributed by atoms with Crippen molar-refractivity contribution < 1.29 is 13.2 Å². The largest absolute Gasteiger partial charge is 0.351 e. The standard InChI is InChI=1S/C15H29N3O3S/c1-15(9-5-4-6-10-15)16-14(19)13-8-7-11-18(12-13)22(20,21)17(2)3/h13H,4-12H2,1-3H3,(H,16,19)/t13-/m1/s1. The minimum atomic E-state index is -3.43. The first-order valence-corrected chi connectivity index (χ1v) is 9.64. The van der Waals surface area contributed by atoms with E-state index >= 15 is 0 Å². The summed E-state index contributed by atoms with van der Waals surface area (Å²) in [4.78, 5) is 12.6. The molecule has 2 rings (SSSR count). The third-order valence-electron chi connectivity index (χ3n) is 4.92. The molecule has 0 spiro atoms. The second-order valence-corrected chi connectivity index (χ2v) is 9.24. The van der Waals surface area contributed by atoms with Gasteiger partial charge in [0.15, 0.2) is 0 Å². The lowest BCUT2D eigenvalue weighted by Gasteiger charge is -2.38. The molecular weight excluding hydrogens is 302 g/mol. The molecule has 22 heavy (non-hydrogen) atoms. The summed E-state index contributed by atoms with van der Waals surface area (Å²) in [6.07, 6.45) is 7.09. The van der Waals surface area contributed by atoms with Crippen LogP contribution in [0.5, 0.6) is 0 Å². The SMILES string of the molecule is CN(C)S(=O)(=O)N1CCC[C@@H](C(=O)NC2(C)CCCCC2)C1. The van der Waals surface area contributed by atoms with Crippen molar-refractivity contribution in [2.75, 3.05) is 27.2 Å². The molecule has 1 atom stereocenters. The van der Waals surface area contributed by atoms with Gasteiger partial charge >= 0.3 is 0 Å². The number of carbonyl (C=O) groups is 1. The molecule has 1 amide bonds. The normalized spacial score (nSPS) is 26.8. The fraction of sp³-hybridized carbons (Fsp3) is 0.933. The van der Waals surface area contributed by atoms with E-state index in [0.717, 1.165) is 38.5 Å². The number of rotatable bonds is 4. The van der Waals surface area contributed by atoms with Crippen LogP contribution in [0.25, 0.3) is 0 Å². The number of nitrogens with zero attached hydrogens (tertiary/aromatic N) is 2. The maximum atomic E-state index is 12.6. The maximum Gasteiger partial charge on any atom is 0.281 e. The maximum absolute atomic E-state index is 12.6. The van der Waals surface area contributed by atoms with Crippen molar-refractivity contribution >= 4 is 16.1 Å². The lowest BCUT2D eigenvalue weighted by atomic mass is 9.82. The van der Waals surface area contributed by atoms with Gasteiger partial charge in [0.2, 0.25) is 5.91 Å². The second-order valence-electron chi connectivity index (χ2n) is 7.10. The molecule has 0 aromatic carbocycles. The highest BCUT2D eigenvalue weighted by Crippen LogP contribution is 2.29. The minimum Gasteiger partial charge on any atom is -0.351 e. The van der Waals surface area contributed by atoms with Crippen molar-refractivity contribution in [3.05, 3.63) is 0 Å². The fourth-order valence-corrected chi connectivity index (χ4v) is 4.64. The van der Waals surface area contributed by atoms with E-state index in [-0.39, 0.29) is 17.4 Å². The van der Waals surface area contributed by atoms with Gasteiger partial charge in [-0.15, -0.1) is 0 Å². The smallest absolute Gasteiger partial charge is 0.281 e. The van der Waals surface area contributed by atoms with Crippen LogP contribution in [0.4, 0.5) is 0 Å². The third-order valence-corrected chi connectivity index (χ3v) is 6.83. The zero-order valence-corrected chi connectivity index (χ0v) is 14.8. The lowest BCUT2D eigenvalue weighted by Crippen LogP contribution is -2.53. The molecule has 7 heteroatoms. The topological polar surface area (TPSA) is 69.7 Å². The molecule has 2 aliphatic rings. The van der Waals surface area contributed by atoms with Crippen molar-refractivity contribution in [2.45, 2.75) is 57.4 Å². The molecule has 1 saturated carbocycles. The summed E-state index contributed by atoms with van der Waals surface area (Å²) in [5.41, 5.74) is -0.113. The minimum absolute atomic E-state index is 0.0167. The van der Waals surface area contributed by atoms with Crippen LogP contribution in [-0.4, -0.2) is 55.7 Å². The van der Waals surface area contributed by atoms with E-state index in [0.29, 0.717) is 13.1 Å². The van der Waals surface area contributed by atoms with Crippen LogP contribution in [0.2, 0.25) is 0 Å². The van der Waals surface area contributed by atoms with Gasteiger partial charge in [-0.1, -0.05) is 19.3 Å². The van der Waals surface area contributed by atoms with Crippen molar-refractivity contribution in [3.63, 3.8) is 0 Å². The first-order valence-electron chi connectivity index (χ1n) is 8.24. The van der Waals surface area contributed by atoms with Crippen LogP contribution in [0.1, 0.15) is 51.9 Å². The molecule has 2 fully saturated rings. The first kappa shape index (κ1) is 17.7. The molecule has 0 radical (unpaired) electrons. The summed E-state index contributed by atoms with van der Waals surface area (Å²) in [6, 6.07) is 0. The number of carbonyl (C=O) groups excluding carboxylic acids is 1. The van der Waals surface area contributed by atoms with Crippen molar-refractivity contribution in [3.8, 4) is 0 Å². The average Bonchev–Trinajstić information content (AvgIpc) is 2.47. The van der Waals surface area contributed by atoms with Gasteiger partial charge in [0.05, 0.1) is 5.92 Å². The highest BCUT2D eigenvalue weighted by molar-refractivity contribution is 7.86. The summed E-state index contributed by atoms with van der Waals surface area (Å²) >= 11 is 0. The van der Waals surface area contributed by atoms with E-state index in [1.165, 1.54) is 29.1 Å². The molecule has 0 aromatic rings. The monoisotopic (exact) mass is 331 g/mol. The summed E-state index contributed by atoms with van der Waals surface area (Å²) in [7, 11) is -0.368. The van der Waals surface area contributed by atoms with Crippen molar-refractivity contribution in [1.29, 1.82) is 0 Å². The molecule has 1 aliphatic heterocycles. The van der Waals surface area contributed by atoms with Gasteiger partial charge in [0.25, 0.3) is 10.2 Å². The Morgan fingerprint density at radius 1 is 1.18 bits per heavy atom. The van der Waals surface area contributed by atoms with Gasteiger partial charge in [-0.05, 0) is 32.6 Å². The molecule has 1 aliphatic carbocycles. The van der Waals surface area contributed by atoms with E-state index in [2.05, 4.69) is 12.2 Å². The molecular formula is C15H29N3O3S. The Morgan fingerprint density at radius 3 is 2.41 bits per heavy atom. The highest BCUT2D eigenvalue weighted by Gasteiger charge is 2.36. The van der Waals surface area contributed by atoms with Crippen molar-refractivity contribution in [2.24, 2.45) is 5.92 Å². The van der Waals surface area contributed by atoms with E-state index in [4.69, 9.17) is 0 Å². The molecule has 6 nitrogen and oxygen atoms in total. The second kappa shape index (κ2) is 6.84. The van der Waals surface area contributed by atoms with Gasteiger partial charge in [0.1, 0.15) is 0 Å². The predicted molar refractivity (Wildman–Crippen MR) is 86.5 cm³/mol. The molecule has 1 heterocycles. The van der Waals surface area contributed by atoms with Crippen LogP contribution >= 0.6 is 0 Å². The Bertz CT molecular complexity index is 498. The molecule has 1 saturated heterocycles. The van der Waals surface area contributed by atoms with E-state index in [9.17, 15) is 13.2 Å². The van der Waals surface area contributed by atoms with Crippen LogP contribution in [0.15, 0.2) is 0 Å². The van der Waals surface area contributed by atoms with Crippen LogP contribution < -0.4 is 5.32 Å². The quantitative estimate of drug-likeness (QED) is 0.845. The molecule has 128 valence electrons. The Balaban J connectivity index is 1.98. The van der Waals surface area contributed by atoms with Crippen LogP contribution in [-0.2, 0) is 15.0 Å². The van der Waals surface area contributed by atoms with Gasteiger partial charge in [-0.25, -0.2) is 0 Å². The molecule has 0 bridgehead atoms. The van der Waals surface area contributed by atoms with Gasteiger partial charge < -0.3 is 5.32 Å². The average molecular weight is 331 g/mol. The van der Waals surface area contributed by atoms with Gasteiger partial charge in [0, 0.05) is 32.7 Å². The Morgan fingerprint density at radius 2 is 1.82 bits per heavy atom. The number of hydrogen-bond donors (Lipinski definition) is 1. The van der Waals surface area contributed by atoms with E-state index < -0.39 is 10.2 Å². The highest BCUT2D eigenvalue weighted by atomic mass is 32.2. The molecule has 1 N–H and O–H groups in total.